The molecule has 0 heterocycles. The quantitative estimate of drug-likeness (QED) is 0.374. The monoisotopic (exact) mass is 494 g/mol. The molecule has 178 valence electrons. The minimum absolute atomic E-state index is 0.0558. The first-order valence-corrected chi connectivity index (χ1v) is 13.0. The van der Waals surface area contributed by atoms with Crippen LogP contribution < -0.4 is 5.32 Å². The van der Waals surface area contributed by atoms with E-state index < -0.39 is 6.04 Å². The summed E-state index contributed by atoms with van der Waals surface area (Å²) in [6.45, 7) is 4.82. The van der Waals surface area contributed by atoms with Gasteiger partial charge in [0.1, 0.15) is 6.04 Å². The summed E-state index contributed by atoms with van der Waals surface area (Å²) in [5.74, 6) is 0.768. The van der Waals surface area contributed by atoms with E-state index in [0.29, 0.717) is 30.3 Å². The minimum Gasteiger partial charge on any atom is -0.355 e. The van der Waals surface area contributed by atoms with Crippen molar-refractivity contribution in [2.75, 3.05) is 12.3 Å². The minimum atomic E-state index is -0.595. The topological polar surface area (TPSA) is 49.4 Å². The van der Waals surface area contributed by atoms with Gasteiger partial charge in [0.15, 0.2) is 0 Å². The van der Waals surface area contributed by atoms with E-state index in [1.807, 2.05) is 92.7 Å². The number of aryl methyl sites for hydroxylation is 1. The Morgan fingerprint density at radius 2 is 1.65 bits per heavy atom. The number of halogens is 1. The Labute approximate surface area is 211 Å². The van der Waals surface area contributed by atoms with Crippen LogP contribution >= 0.6 is 23.4 Å². The second-order valence-corrected chi connectivity index (χ2v) is 9.65. The van der Waals surface area contributed by atoms with Crippen LogP contribution in [0, 0.1) is 6.92 Å². The van der Waals surface area contributed by atoms with Crippen LogP contribution in [0.2, 0.25) is 5.02 Å². The Kier molecular flexibility index (Phi) is 10.0. The summed E-state index contributed by atoms with van der Waals surface area (Å²) < 4.78 is 0. The zero-order chi connectivity index (χ0) is 24.3. The Bertz CT molecular complexity index is 1070. The largest absolute Gasteiger partial charge is 0.355 e. The van der Waals surface area contributed by atoms with Gasteiger partial charge in [-0.25, -0.2) is 0 Å². The molecule has 0 aliphatic carbocycles. The van der Waals surface area contributed by atoms with Crippen LogP contribution in [-0.2, 0) is 28.3 Å². The third-order valence-corrected chi connectivity index (χ3v) is 6.70. The SMILES string of the molecule is CCNC(=O)[C@H](Cc1ccccc1)N(Cc1ccc(C)cc1)C(=O)CSCc1cccc(Cl)c1. The molecule has 2 amide bonds. The molecular formula is C28H31ClN2O2S. The first-order chi connectivity index (χ1) is 16.5. The molecule has 0 fully saturated rings. The van der Waals surface area contributed by atoms with Gasteiger partial charge in [0, 0.05) is 30.3 Å². The zero-order valence-corrected chi connectivity index (χ0v) is 21.2. The van der Waals surface area contributed by atoms with Crippen molar-refractivity contribution < 1.29 is 9.59 Å². The molecule has 1 atom stereocenters. The molecule has 1 N–H and O–H groups in total. The number of amides is 2. The standard InChI is InChI=1S/C28H31ClN2O2S/c1-3-30-28(33)26(17-22-8-5-4-6-9-22)31(18-23-14-12-21(2)13-15-23)27(32)20-34-19-24-10-7-11-25(29)16-24/h4-16,26H,3,17-20H2,1-2H3,(H,30,33)/t26-/m0/s1. The van der Waals surface area contributed by atoms with Gasteiger partial charge in [-0.05, 0) is 42.7 Å². The molecule has 0 saturated carbocycles. The van der Waals surface area contributed by atoms with Gasteiger partial charge < -0.3 is 10.2 Å². The Morgan fingerprint density at radius 3 is 2.32 bits per heavy atom. The van der Waals surface area contributed by atoms with Gasteiger partial charge in [-0.3, -0.25) is 9.59 Å². The van der Waals surface area contributed by atoms with Gasteiger partial charge in [0.2, 0.25) is 11.8 Å². The van der Waals surface area contributed by atoms with Gasteiger partial charge in [0.25, 0.3) is 0 Å². The Balaban J connectivity index is 1.81. The number of thioether (sulfide) groups is 1. The van der Waals surface area contributed by atoms with Gasteiger partial charge in [0.05, 0.1) is 5.75 Å². The molecule has 3 rings (SSSR count). The molecule has 0 aromatic heterocycles. The summed E-state index contributed by atoms with van der Waals surface area (Å²) in [5.41, 5.74) is 4.25. The smallest absolute Gasteiger partial charge is 0.243 e. The first-order valence-electron chi connectivity index (χ1n) is 11.4. The van der Waals surface area contributed by atoms with Crippen molar-refractivity contribution >= 4 is 35.2 Å². The number of rotatable bonds is 11. The predicted molar refractivity (Wildman–Crippen MR) is 142 cm³/mol. The number of benzene rings is 3. The molecule has 6 heteroatoms. The molecule has 0 unspecified atom stereocenters. The van der Waals surface area contributed by atoms with Crippen molar-refractivity contribution in [3.63, 3.8) is 0 Å². The number of hydrogen-bond acceptors (Lipinski definition) is 3. The van der Waals surface area contributed by atoms with Gasteiger partial charge >= 0.3 is 0 Å². The summed E-state index contributed by atoms with van der Waals surface area (Å²) >= 11 is 7.62. The van der Waals surface area contributed by atoms with Crippen LogP contribution in [0.4, 0.5) is 0 Å². The number of nitrogens with one attached hydrogen (secondary N) is 1. The molecule has 0 radical (unpaired) electrons. The molecule has 0 bridgehead atoms. The number of carbonyl (C=O) groups excluding carboxylic acids is 2. The van der Waals surface area contributed by atoms with Crippen molar-refractivity contribution in [3.05, 3.63) is 106 Å². The van der Waals surface area contributed by atoms with Crippen molar-refractivity contribution in [3.8, 4) is 0 Å². The molecule has 0 spiro atoms. The Hall–Kier alpha value is -2.76. The highest BCUT2D eigenvalue weighted by Gasteiger charge is 2.30. The highest BCUT2D eigenvalue weighted by atomic mass is 35.5. The van der Waals surface area contributed by atoms with Crippen LogP contribution in [0.3, 0.4) is 0 Å². The highest BCUT2D eigenvalue weighted by Crippen LogP contribution is 2.20. The Morgan fingerprint density at radius 1 is 0.941 bits per heavy atom. The number of likely N-dealkylation sites (N-methyl/N-ethyl adjacent to an activating group) is 1. The van der Waals surface area contributed by atoms with Crippen LogP contribution in [-0.4, -0.2) is 35.1 Å². The van der Waals surface area contributed by atoms with Crippen LogP contribution in [0.15, 0.2) is 78.9 Å². The first kappa shape index (κ1) is 25.9. The van der Waals surface area contributed by atoms with Crippen LogP contribution in [0.25, 0.3) is 0 Å². The molecule has 34 heavy (non-hydrogen) atoms. The lowest BCUT2D eigenvalue weighted by Crippen LogP contribution is -2.51. The third kappa shape index (κ3) is 7.93. The molecule has 0 saturated heterocycles. The summed E-state index contributed by atoms with van der Waals surface area (Å²) in [4.78, 5) is 28.4. The zero-order valence-electron chi connectivity index (χ0n) is 19.7. The second kappa shape index (κ2) is 13.2. The van der Waals surface area contributed by atoms with E-state index in [9.17, 15) is 9.59 Å². The van der Waals surface area contributed by atoms with E-state index in [0.717, 1.165) is 22.3 Å². The molecule has 0 aliphatic rings. The predicted octanol–water partition coefficient (Wildman–Crippen LogP) is 5.66. The van der Waals surface area contributed by atoms with E-state index in [1.165, 1.54) is 11.8 Å². The summed E-state index contributed by atoms with van der Waals surface area (Å²) in [6, 6.07) is 25.0. The second-order valence-electron chi connectivity index (χ2n) is 8.23. The third-order valence-electron chi connectivity index (χ3n) is 5.48. The fourth-order valence-corrected chi connectivity index (χ4v) is 4.77. The summed E-state index contributed by atoms with van der Waals surface area (Å²) in [7, 11) is 0. The number of carbonyl (C=O) groups is 2. The summed E-state index contributed by atoms with van der Waals surface area (Å²) in [6.07, 6.45) is 0.462. The van der Waals surface area contributed by atoms with E-state index in [2.05, 4.69) is 5.32 Å². The molecule has 4 nitrogen and oxygen atoms in total. The maximum atomic E-state index is 13.5. The molecule has 3 aromatic carbocycles. The van der Waals surface area contributed by atoms with E-state index >= 15 is 0 Å². The van der Waals surface area contributed by atoms with E-state index in [1.54, 1.807) is 4.90 Å². The lowest BCUT2D eigenvalue weighted by Gasteiger charge is -2.31. The van der Waals surface area contributed by atoms with Gasteiger partial charge in [-0.15, -0.1) is 11.8 Å². The average molecular weight is 495 g/mol. The molecule has 3 aromatic rings. The van der Waals surface area contributed by atoms with E-state index in [-0.39, 0.29) is 17.6 Å². The summed E-state index contributed by atoms with van der Waals surface area (Å²) in [5, 5.41) is 3.61. The highest BCUT2D eigenvalue weighted by molar-refractivity contribution is 7.99. The number of hydrogen-bond donors (Lipinski definition) is 1. The number of nitrogens with zero attached hydrogens (tertiary/aromatic N) is 1. The fourth-order valence-electron chi connectivity index (χ4n) is 3.70. The molecule has 0 aliphatic heterocycles. The van der Waals surface area contributed by atoms with E-state index in [4.69, 9.17) is 11.6 Å². The normalized spacial score (nSPS) is 11.6. The fraction of sp³-hybridized carbons (Fsp3) is 0.286. The average Bonchev–Trinajstić information content (AvgIpc) is 2.83. The maximum absolute atomic E-state index is 13.5. The van der Waals surface area contributed by atoms with Crippen LogP contribution in [0.5, 0.6) is 0 Å². The van der Waals surface area contributed by atoms with Gasteiger partial charge in [-0.2, -0.15) is 0 Å². The molecular weight excluding hydrogens is 464 g/mol. The lowest BCUT2D eigenvalue weighted by atomic mass is 10.0. The van der Waals surface area contributed by atoms with Gasteiger partial charge in [-0.1, -0.05) is 83.9 Å². The van der Waals surface area contributed by atoms with Crippen molar-refractivity contribution in [1.29, 1.82) is 0 Å². The maximum Gasteiger partial charge on any atom is 0.243 e. The van der Waals surface area contributed by atoms with Crippen molar-refractivity contribution in [2.24, 2.45) is 0 Å². The lowest BCUT2D eigenvalue weighted by molar-refractivity contribution is -0.139. The van der Waals surface area contributed by atoms with Crippen molar-refractivity contribution in [1.82, 2.24) is 10.2 Å². The van der Waals surface area contributed by atoms with Crippen LogP contribution in [0.1, 0.15) is 29.2 Å². The van der Waals surface area contributed by atoms with Crippen molar-refractivity contribution in [2.45, 2.75) is 38.6 Å².